The Bertz CT molecular complexity index is 699. The molecule has 0 fully saturated rings. The maximum Gasteiger partial charge on any atom is 0.191 e. The smallest absolute Gasteiger partial charge is 0.191 e. The van der Waals surface area contributed by atoms with Crippen LogP contribution in [0.5, 0.6) is 11.5 Å². The number of hydrogen-bond acceptors (Lipinski definition) is 3. The van der Waals surface area contributed by atoms with E-state index >= 15 is 0 Å². The zero-order valence-corrected chi connectivity index (χ0v) is 16.1. The summed E-state index contributed by atoms with van der Waals surface area (Å²) in [4.78, 5) is 4.26. The minimum Gasteiger partial charge on any atom is -0.496 e. The number of nitrogens with zero attached hydrogens (tertiary/aromatic N) is 1. The molecule has 1 unspecified atom stereocenters. The molecule has 0 aliphatic carbocycles. The normalized spacial score (nSPS) is 12.4. The molecule has 0 saturated carbocycles. The van der Waals surface area contributed by atoms with E-state index in [0.29, 0.717) is 19.1 Å². The summed E-state index contributed by atoms with van der Waals surface area (Å²) in [7, 11) is 3.47. The van der Waals surface area contributed by atoms with Crippen LogP contribution in [0.2, 0.25) is 0 Å². The van der Waals surface area contributed by atoms with E-state index in [1.54, 1.807) is 14.2 Å². The average molecular weight is 355 g/mol. The highest BCUT2D eigenvalue weighted by Crippen LogP contribution is 2.25. The van der Waals surface area contributed by atoms with Gasteiger partial charge in [-0.25, -0.2) is 0 Å². The summed E-state index contributed by atoms with van der Waals surface area (Å²) in [5.74, 6) is 2.86. The van der Waals surface area contributed by atoms with Gasteiger partial charge in [-0.05, 0) is 30.7 Å². The van der Waals surface area contributed by atoms with E-state index in [2.05, 4.69) is 35.5 Å². The Hall–Kier alpha value is -2.69. The van der Waals surface area contributed by atoms with Crippen LogP contribution in [0.15, 0.2) is 53.5 Å². The number of hydrogen-bond donors (Lipinski definition) is 2. The zero-order valence-electron chi connectivity index (χ0n) is 16.1. The molecule has 2 rings (SSSR count). The second kappa shape index (κ2) is 10.3. The molecule has 26 heavy (non-hydrogen) atoms. The van der Waals surface area contributed by atoms with Gasteiger partial charge in [0.1, 0.15) is 18.1 Å². The summed E-state index contributed by atoms with van der Waals surface area (Å²) in [6.45, 7) is 6.24. The van der Waals surface area contributed by atoms with Gasteiger partial charge in [0, 0.05) is 19.5 Å². The standard InChI is InChI=1S/C21H29N3O2/c1-16-9-11-18(12-10-16)26-14-13-23-21(22-3)24-15-17(2)19-7-5-6-8-20(19)25-4/h5-12,17H,13-15H2,1-4H3,(H2,22,23,24). The van der Waals surface area contributed by atoms with E-state index in [1.807, 2.05) is 42.5 Å². The molecule has 0 amide bonds. The fraction of sp³-hybridized carbons (Fsp3) is 0.381. The van der Waals surface area contributed by atoms with Gasteiger partial charge in [-0.1, -0.05) is 42.8 Å². The lowest BCUT2D eigenvalue weighted by molar-refractivity contribution is 0.322. The number of aliphatic imine (C=N–C) groups is 1. The highest BCUT2D eigenvalue weighted by atomic mass is 16.5. The van der Waals surface area contributed by atoms with Crippen molar-refractivity contribution in [3.8, 4) is 11.5 Å². The Labute approximate surface area is 156 Å². The number of methoxy groups -OCH3 is 1. The molecule has 0 radical (unpaired) electrons. The Morgan fingerprint density at radius 2 is 1.81 bits per heavy atom. The average Bonchev–Trinajstić information content (AvgIpc) is 2.68. The molecule has 0 saturated heterocycles. The van der Waals surface area contributed by atoms with Crippen molar-refractivity contribution in [2.45, 2.75) is 19.8 Å². The molecule has 0 bridgehead atoms. The van der Waals surface area contributed by atoms with Crippen molar-refractivity contribution < 1.29 is 9.47 Å². The van der Waals surface area contributed by atoms with Gasteiger partial charge in [0.2, 0.25) is 0 Å². The molecule has 2 N–H and O–H groups in total. The number of rotatable bonds is 8. The van der Waals surface area contributed by atoms with Crippen LogP contribution in [0.1, 0.15) is 24.0 Å². The third-order valence-corrected chi connectivity index (χ3v) is 4.15. The Balaban J connectivity index is 1.74. The van der Waals surface area contributed by atoms with Crippen LogP contribution >= 0.6 is 0 Å². The number of para-hydroxylation sites is 1. The molecule has 140 valence electrons. The first-order chi connectivity index (χ1) is 12.6. The SMILES string of the molecule is CN=C(NCCOc1ccc(C)cc1)NCC(C)c1ccccc1OC. The third kappa shape index (κ3) is 5.99. The van der Waals surface area contributed by atoms with Crippen LogP contribution in [-0.2, 0) is 0 Å². The van der Waals surface area contributed by atoms with Crippen molar-refractivity contribution in [3.63, 3.8) is 0 Å². The fourth-order valence-corrected chi connectivity index (χ4v) is 2.63. The molecule has 5 nitrogen and oxygen atoms in total. The summed E-state index contributed by atoms with van der Waals surface area (Å²) in [5.41, 5.74) is 2.41. The number of benzene rings is 2. The number of aryl methyl sites for hydroxylation is 1. The first-order valence-electron chi connectivity index (χ1n) is 8.91. The number of ether oxygens (including phenoxy) is 2. The largest absolute Gasteiger partial charge is 0.496 e. The van der Waals surface area contributed by atoms with Crippen LogP contribution in [0, 0.1) is 6.92 Å². The van der Waals surface area contributed by atoms with Gasteiger partial charge < -0.3 is 20.1 Å². The number of guanidine groups is 1. The Kier molecular flexibility index (Phi) is 7.80. The zero-order chi connectivity index (χ0) is 18.8. The molecule has 2 aromatic rings. The number of nitrogens with one attached hydrogen (secondary N) is 2. The molecular formula is C21H29N3O2. The molecule has 2 aromatic carbocycles. The molecule has 0 aromatic heterocycles. The van der Waals surface area contributed by atoms with Crippen LogP contribution < -0.4 is 20.1 Å². The predicted octanol–water partition coefficient (Wildman–Crippen LogP) is 3.35. The predicted molar refractivity (Wildman–Crippen MR) is 107 cm³/mol. The second-order valence-corrected chi connectivity index (χ2v) is 6.18. The molecule has 0 aliphatic rings. The van der Waals surface area contributed by atoms with Crippen molar-refractivity contribution in [3.05, 3.63) is 59.7 Å². The highest BCUT2D eigenvalue weighted by molar-refractivity contribution is 5.79. The van der Waals surface area contributed by atoms with Crippen molar-refractivity contribution in [2.24, 2.45) is 4.99 Å². The van der Waals surface area contributed by atoms with E-state index in [0.717, 1.165) is 24.0 Å². The lowest BCUT2D eigenvalue weighted by atomic mass is 10.0. The van der Waals surface area contributed by atoms with E-state index in [9.17, 15) is 0 Å². The third-order valence-electron chi connectivity index (χ3n) is 4.15. The first kappa shape index (κ1) is 19.6. The van der Waals surface area contributed by atoms with Crippen LogP contribution in [0.25, 0.3) is 0 Å². The molecule has 0 heterocycles. The first-order valence-corrected chi connectivity index (χ1v) is 8.91. The highest BCUT2D eigenvalue weighted by Gasteiger charge is 2.11. The van der Waals surface area contributed by atoms with E-state index < -0.39 is 0 Å². The summed E-state index contributed by atoms with van der Waals surface area (Å²) < 4.78 is 11.2. The Morgan fingerprint density at radius 1 is 1.08 bits per heavy atom. The maximum atomic E-state index is 5.72. The fourth-order valence-electron chi connectivity index (χ4n) is 2.63. The summed E-state index contributed by atoms with van der Waals surface area (Å²) in [6.07, 6.45) is 0. The quantitative estimate of drug-likeness (QED) is 0.433. The van der Waals surface area contributed by atoms with Crippen molar-refractivity contribution in [1.29, 1.82) is 0 Å². The van der Waals surface area contributed by atoms with Gasteiger partial charge in [0.05, 0.1) is 13.7 Å². The maximum absolute atomic E-state index is 5.72. The van der Waals surface area contributed by atoms with E-state index in [4.69, 9.17) is 9.47 Å². The minimum absolute atomic E-state index is 0.300. The van der Waals surface area contributed by atoms with Gasteiger partial charge in [-0.3, -0.25) is 4.99 Å². The van der Waals surface area contributed by atoms with Crippen LogP contribution in [0.3, 0.4) is 0 Å². The molecule has 5 heteroatoms. The van der Waals surface area contributed by atoms with Gasteiger partial charge in [0.15, 0.2) is 5.96 Å². The molecule has 1 atom stereocenters. The molecule has 0 aliphatic heterocycles. The lowest BCUT2D eigenvalue weighted by Crippen LogP contribution is -2.40. The summed E-state index contributed by atoms with van der Waals surface area (Å²) in [6, 6.07) is 16.2. The van der Waals surface area contributed by atoms with Gasteiger partial charge in [0.25, 0.3) is 0 Å². The Morgan fingerprint density at radius 3 is 2.50 bits per heavy atom. The van der Waals surface area contributed by atoms with Crippen molar-refractivity contribution in [1.82, 2.24) is 10.6 Å². The second-order valence-electron chi connectivity index (χ2n) is 6.18. The van der Waals surface area contributed by atoms with Gasteiger partial charge >= 0.3 is 0 Å². The van der Waals surface area contributed by atoms with Crippen molar-refractivity contribution in [2.75, 3.05) is 33.9 Å². The van der Waals surface area contributed by atoms with Gasteiger partial charge in [-0.2, -0.15) is 0 Å². The van der Waals surface area contributed by atoms with Crippen LogP contribution in [0.4, 0.5) is 0 Å². The molecular weight excluding hydrogens is 326 g/mol. The summed E-state index contributed by atoms with van der Waals surface area (Å²) >= 11 is 0. The van der Waals surface area contributed by atoms with Crippen LogP contribution in [-0.4, -0.2) is 39.8 Å². The monoisotopic (exact) mass is 355 g/mol. The molecule has 0 spiro atoms. The minimum atomic E-state index is 0.300. The summed E-state index contributed by atoms with van der Waals surface area (Å²) in [5, 5.41) is 6.62. The van der Waals surface area contributed by atoms with E-state index in [1.165, 1.54) is 11.1 Å². The topological polar surface area (TPSA) is 54.9 Å². The van der Waals surface area contributed by atoms with Crippen molar-refractivity contribution >= 4 is 5.96 Å². The van der Waals surface area contributed by atoms with Gasteiger partial charge in [-0.15, -0.1) is 0 Å². The lowest BCUT2D eigenvalue weighted by Gasteiger charge is -2.18. The van der Waals surface area contributed by atoms with E-state index in [-0.39, 0.29) is 0 Å².